The summed E-state index contributed by atoms with van der Waals surface area (Å²) < 4.78 is 5.36. The summed E-state index contributed by atoms with van der Waals surface area (Å²) in [6.45, 7) is 4.96. The van der Waals surface area contributed by atoms with Gasteiger partial charge < -0.3 is 15.0 Å². The number of thiazole rings is 1. The SMILES string of the molecule is CC(C(=O)Nc1nccs1)c1ccc(N2CCOCC2)c(Cl)c1. The molecule has 2 heterocycles. The Balaban J connectivity index is 1.72. The summed E-state index contributed by atoms with van der Waals surface area (Å²) in [5, 5.41) is 5.92. The van der Waals surface area contributed by atoms with Crippen LogP contribution in [0.1, 0.15) is 18.4 Å². The zero-order valence-corrected chi connectivity index (χ0v) is 14.4. The van der Waals surface area contributed by atoms with Crippen molar-refractivity contribution in [3.05, 3.63) is 40.4 Å². The lowest BCUT2D eigenvalue weighted by atomic mass is 10.00. The molecule has 1 N–H and O–H groups in total. The molecule has 1 saturated heterocycles. The number of halogens is 1. The molecule has 7 heteroatoms. The molecule has 1 atom stereocenters. The maximum atomic E-state index is 12.3. The van der Waals surface area contributed by atoms with Gasteiger partial charge in [-0.1, -0.05) is 17.7 Å². The van der Waals surface area contributed by atoms with Crippen LogP contribution in [0.3, 0.4) is 0 Å². The Bertz CT molecular complexity index is 672. The summed E-state index contributed by atoms with van der Waals surface area (Å²) >= 11 is 7.83. The third-order valence-electron chi connectivity index (χ3n) is 3.88. The summed E-state index contributed by atoms with van der Waals surface area (Å²) in [7, 11) is 0. The lowest BCUT2D eigenvalue weighted by molar-refractivity contribution is -0.117. The highest BCUT2D eigenvalue weighted by atomic mass is 35.5. The van der Waals surface area contributed by atoms with Crippen LogP contribution in [0.2, 0.25) is 5.02 Å². The predicted molar refractivity (Wildman–Crippen MR) is 93.6 cm³/mol. The number of hydrogen-bond acceptors (Lipinski definition) is 5. The molecule has 1 fully saturated rings. The van der Waals surface area contributed by atoms with Gasteiger partial charge in [0.25, 0.3) is 0 Å². The molecule has 1 aliphatic rings. The number of rotatable bonds is 4. The Morgan fingerprint density at radius 3 is 2.87 bits per heavy atom. The summed E-state index contributed by atoms with van der Waals surface area (Å²) in [4.78, 5) is 18.6. The summed E-state index contributed by atoms with van der Waals surface area (Å²) in [5.41, 5.74) is 1.88. The Kier molecular flexibility index (Phi) is 5.15. The first-order valence-corrected chi connectivity index (χ1v) is 8.73. The number of benzene rings is 1. The van der Waals surface area contributed by atoms with Crippen LogP contribution in [0, 0.1) is 0 Å². The highest BCUT2D eigenvalue weighted by molar-refractivity contribution is 7.13. The molecule has 0 spiro atoms. The first-order chi connectivity index (χ1) is 11.1. The van der Waals surface area contributed by atoms with E-state index in [1.165, 1.54) is 11.3 Å². The topological polar surface area (TPSA) is 54.5 Å². The lowest BCUT2D eigenvalue weighted by Gasteiger charge is -2.30. The quantitative estimate of drug-likeness (QED) is 0.917. The largest absolute Gasteiger partial charge is 0.378 e. The highest BCUT2D eigenvalue weighted by Gasteiger charge is 2.19. The van der Waals surface area contributed by atoms with E-state index in [1.807, 2.05) is 30.5 Å². The average molecular weight is 352 g/mol. The molecular formula is C16H18ClN3O2S. The molecule has 0 saturated carbocycles. The minimum Gasteiger partial charge on any atom is -0.378 e. The molecule has 1 aliphatic heterocycles. The molecule has 1 aromatic carbocycles. The van der Waals surface area contributed by atoms with E-state index in [-0.39, 0.29) is 11.8 Å². The first-order valence-electron chi connectivity index (χ1n) is 7.47. The highest BCUT2D eigenvalue weighted by Crippen LogP contribution is 2.30. The van der Waals surface area contributed by atoms with Gasteiger partial charge in [-0.3, -0.25) is 4.79 Å². The zero-order valence-electron chi connectivity index (χ0n) is 12.8. The van der Waals surface area contributed by atoms with Crippen molar-refractivity contribution in [2.45, 2.75) is 12.8 Å². The molecule has 2 aromatic rings. The molecular weight excluding hydrogens is 334 g/mol. The maximum Gasteiger partial charge on any atom is 0.233 e. The molecule has 0 aliphatic carbocycles. The van der Waals surface area contributed by atoms with Crippen LogP contribution >= 0.6 is 22.9 Å². The van der Waals surface area contributed by atoms with Gasteiger partial charge in [-0.2, -0.15) is 0 Å². The minimum absolute atomic E-state index is 0.0878. The van der Waals surface area contributed by atoms with Crippen molar-refractivity contribution >= 4 is 39.7 Å². The van der Waals surface area contributed by atoms with Crippen molar-refractivity contribution < 1.29 is 9.53 Å². The fourth-order valence-corrected chi connectivity index (χ4v) is 3.34. The second-order valence-electron chi connectivity index (χ2n) is 5.36. The van der Waals surface area contributed by atoms with Gasteiger partial charge in [0.05, 0.1) is 29.8 Å². The van der Waals surface area contributed by atoms with Crippen molar-refractivity contribution in [1.29, 1.82) is 0 Å². The number of aromatic nitrogens is 1. The van der Waals surface area contributed by atoms with Crippen LogP contribution in [-0.2, 0) is 9.53 Å². The standard InChI is InChI=1S/C16H18ClN3O2S/c1-11(15(21)19-16-18-4-9-23-16)12-2-3-14(13(17)10-12)20-5-7-22-8-6-20/h2-4,9-11H,5-8H2,1H3,(H,18,19,21). The molecule has 0 radical (unpaired) electrons. The van der Waals surface area contributed by atoms with Crippen LogP contribution in [0.25, 0.3) is 0 Å². The van der Waals surface area contributed by atoms with E-state index in [1.54, 1.807) is 6.20 Å². The Morgan fingerprint density at radius 1 is 1.43 bits per heavy atom. The third-order valence-corrected chi connectivity index (χ3v) is 4.87. The summed E-state index contributed by atoms with van der Waals surface area (Å²) in [6, 6.07) is 5.82. The number of carbonyl (C=O) groups excluding carboxylic acids is 1. The number of anilines is 2. The van der Waals surface area contributed by atoms with E-state index >= 15 is 0 Å². The normalized spacial score (nSPS) is 16.2. The van der Waals surface area contributed by atoms with E-state index in [9.17, 15) is 4.79 Å². The number of nitrogens with zero attached hydrogens (tertiary/aromatic N) is 2. The molecule has 5 nitrogen and oxygen atoms in total. The van der Waals surface area contributed by atoms with Crippen molar-refractivity contribution in [2.75, 3.05) is 36.5 Å². The minimum atomic E-state index is -0.296. The lowest BCUT2D eigenvalue weighted by Crippen LogP contribution is -2.36. The molecule has 3 rings (SSSR count). The van der Waals surface area contributed by atoms with Gasteiger partial charge in [0.15, 0.2) is 5.13 Å². The van der Waals surface area contributed by atoms with Crippen molar-refractivity contribution in [1.82, 2.24) is 4.98 Å². The second kappa shape index (κ2) is 7.29. The molecule has 122 valence electrons. The van der Waals surface area contributed by atoms with Gasteiger partial charge in [-0.15, -0.1) is 11.3 Å². The van der Waals surface area contributed by atoms with Gasteiger partial charge in [0.2, 0.25) is 5.91 Å². The number of ether oxygens (including phenoxy) is 1. The van der Waals surface area contributed by atoms with Gasteiger partial charge >= 0.3 is 0 Å². The van der Waals surface area contributed by atoms with Crippen LogP contribution in [-0.4, -0.2) is 37.2 Å². The fraction of sp³-hybridized carbons (Fsp3) is 0.375. The van der Waals surface area contributed by atoms with Gasteiger partial charge in [-0.25, -0.2) is 4.98 Å². The van der Waals surface area contributed by atoms with Gasteiger partial charge in [0.1, 0.15) is 0 Å². The first kappa shape index (κ1) is 16.2. The molecule has 1 aromatic heterocycles. The second-order valence-corrected chi connectivity index (χ2v) is 6.66. The Labute approximate surface area is 144 Å². The smallest absolute Gasteiger partial charge is 0.233 e. The van der Waals surface area contributed by atoms with Crippen LogP contribution in [0.15, 0.2) is 29.8 Å². The van der Waals surface area contributed by atoms with E-state index in [4.69, 9.17) is 16.3 Å². The summed E-state index contributed by atoms with van der Waals surface area (Å²) in [6.07, 6.45) is 1.67. The Hall–Kier alpha value is -1.63. The number of hydrogen-bond donors (Lipinski definition) is 1. The van der Waals surface area contributed by atoms with E-state index in [2.05, 4.69) is 15.2 Å². The number of nitrogens with one attached hydrogen (secondary N) is 1. The van der Waals surface area contributed by atoms with E-state index in [0.717, 1.165) is 24.3 Å². The number of carbonyl (C=O) groups is 1. The third kappa shape index (κ3) is 3.83. The fourth-order valence-electron chi connectivity index (χ4n) is 2.50. The van der Waals surface area contributed by atoms with Crippen LogP contribution in [0.4, 0.5) is 10.8 Å². The monoisotopic (exact) mass is 351 g/mol. The van der Waals surface area contributed by atoms with Crippen molar-refractivity contribution in [3.63, 3.8) is 0 Å². The molecule has 1 unspecified atom stereocenters. The Morgan fingerprint density at radius 2 is 2.22 bits per heavy atom. The van der Waals surface area contributed by atoms with Gasteiger partial charge in [0, 0.05) is 24.7 Å². The van der Waals surface area contributed by atoms with E-state index in [0.29, 0.717) is 23.4 Å². The van der Waals surface area contributed by atoms with E-state index < -0.39 is 0 Å². The molecule has 0 bridgehead atoms. The van der Waals surface area contributed by atoms with Gasteiger partial charge in [-0.05, 0) is 24.6 Å². The van der Waals surface area contributed by atoms with Crippen molar-refractivity contribution in [3.8, 4) is 0 Å². The zero-order chi connectivity index (χ0) is 16.2. The van der Waals surface area contributed by atoms with Crippen LogP contribution < -0.4 is 10.2 Å². The summed E-state index contributed by atoms with van der Waals surface area (Å²) in [5.74, 6) is -0.384. The number of morpholine rings is 1. The van der Waals surface area contributed by atoms with Crippen molar-refractivity contribution in [2.24, 2.45) is 0 Å². The number of amides is 1. The maximum absolute atomic E-state index is 12.3. The van der Waals surface area contributed by atoms with Crippen LogP contribution in [0.5, 0.6) is 0 Å². The molecule has 1 amide bonds. The molecule has 23 heavy (non-hydrogen) atoms. The predicted octanol–water partition coefficient (Wildman–Crippen LogP) is 3.38. The average Bonchev–Trinajstić information content (AvgIpc) is 3.07.